The third kappa shape index (κ3) is 3.88. The first kappa shape index (κ1) is 24.3. The van der Waals surface area contributed by atoms with Crippen LogP contribution in [0.4, 0.5) is 5.82 Å². The molecule has 9 heteroatoms. The van der Waals surface area contributed by atoms with Gasteiger partial charge in [-0.1, -0.05) is 36.4 Å². The van der Waals surface area contributed by atoms with Crippen LogP contribution in [0.5, 0.6) is 0 Å². The largest absolute Gasteiger partial charge is 0.383 e. The van der Waals surface area contributed by atoms with Gasteiger partial charge in [-0.15, -0.1) is 0 Å². The predicted molar refractivity (Wildman–Crippen MR) is 152 cm³/mol. The van der Waals surface area contributed by atoms with Gasteiger partial charge in [0.05, 0.1) is 28.7 Å². The van der Waals surface area contributed by atoms with Crippen molar-refractivity contribution in [3.63, 3.8) is 0 Å². The van der Waals surface area contributed by atoms with Crippen molar-refractivity contribution in [1.29, 1.82) is 0 Å². The minimum Gasteiger partial charge on any atom is -0.383 e. The molecule has 3 N–H and O–H groups in total. The SMILES string of the molecule is CC(=O)c1c(C2C[C@H]3CC[C@@H](C2)N3C(=O)c2cc[nH]c2)nc2c(-c3ccc(-c4ccccc4)nc3)cnn2c1N. The number of nitrogens with one attached hydrogen (secondary N) is 1. The van der Waals surface area contributed by atoms with E-state index in [1.807, 2.05) is 59.6 Å². The highest BCUT2D eigenvalue weighted by Crippen LogP contribution is 2.45. The Bertz CT molecular complexity index is 1710. The van der Waals surface area contributed by atoms with E-state index in [0.717, 1.165) is 48.1 Å². The number of piperidine rings is 1. The highest BCUT2D eigenvalue weighted by molar-refractivity contribution is 6.00. The summed E-state index contributed by atoms with van der Waals surface area (Å²) in [6, 6.07) is 16.0. The summed E-state index contributed by atoms with van der Waals surface area (Å²) in [5.74, 6) is 0.239. The Morgan fingerprint density at radius 2 is 1.75 bits per heavy atom. The summed E-state index contributed by atoms with van der Waals surface area (Å²) >= 11 is 0. The molecule has 9 nitrogen and oxygen atoms in total. The quantitative estimate of drug-likeness (QED) is 0.304. The topological polar surface area (TPSA) is 122 Å². The van der Waals surface area contributed by atoms with Crippen molar-refractivity contribution in [2.75, 3.05) is 5.73 Å². The number of carbonyl (C=O) groups is 2. The summed E-state index contributed by atoms with van der Waals surface area (Å²) in [5.41, 5.74) is 12.6. The number of aromatic nitrogens is 5. The van der Waals surface area contributed by atoms with Gasteiger partial charge >= 0.3 is 0 Å². The van der Waals surface area contributed by atoms with E-state index >= 15 is 0 Å². The molecule has 7 rings (SSSR count). The number of hydrogen-bond acceptors (Lipinski definition) is 6. The van der Waals surface area contributed by atoms with Crippen LogP contribution in [0.15, 0.2) is 73.3 Å². The minimum absolute atomic E-state index is 0.0142. The summed E-state index contributed by atoms with van der Waals surface area (Å²) < 4.78 is 1.56. The van der Waals surface area contributed by atoms with Crippen LogP contribution in [0.2, 0.25) is 0 Å². The van der Waals surface area contributed by atoms with Crippen LogP contribution in [0, 0.1) is 0 Å². The Balaban J connectivity index is 1.26. The summed E-state index contributed by atoms with van der Waals surface area (Å²) in [6.45, 7) is 1.53. The monoisotopic (exact) mass is 531 g/mol. The zero-order chi connectivity index (χ0) is 27.4. The number of pyridine rings is 1. The van der Waals surface area contributed by atoms with Crippen LogP contribution in [-0.4, -0.2) is 53.2 Å². The van der Waals surface area contributed by atoms with Crippen molar-refractivity contribution in [3.05, 3.63) is 90.1 Å². The number of H-pyrrole nitrogens is 1. The van der Waals surface area contributed by atoms with Crippen LogP contribution >= 0.6 is 0 Å². The highest BCUT2D eigenvalue weighted by atomic mass is 16.2. The molecule has 2 fully saturated rings. The Kier molecular flexibility index (Phi) is 5.73. The zero-order valence-corrected chi connectivity index (χ0v) is 22.1. The number of fused-ring (bicyclic) bond motifs is 3. The first-order valence-corrected chi connectivity index (χ1v) is 13.6. The van der Waals surface area contributed by atoms with Gasteiger partial charge in [-0.2, -0.15) is 9.61 Å². The molecule has 40 heavy (non-hydrogen) atoms. The van der Waals surface area contributed by atoms with Crippen LogP contribution < -0.4 is 5.73 Å². The first-order valence-electron chi connectivity index (χ1n) is 13.6. The molecule has 200 valence electrons. The molecule has 0 aliphatic carbocycles. The number of nitrogen functional groups attached to an aromatic ring is 1. The van der Waals surface area contributed by atoms with Crippen molar-refractivity contribution >= 4 is 23.2 Å². The molecule has 2 bridgehead atoms. The van der Waals surface area contributed by atoms with E-state index in [9.17, 15) is 9.59 Å². The third-order valence-electron chi connectivity index (χ3n) is 8.41. The standard InChI is InChI=1S/C31H29N7O2/c1-18(39)27-28(22-13-23-8-9-24(14-22)37(23)31(40)21-11-12-33-15-21)36-30-25(17-35-38(30)29(27)32)20-7-10-26(34-16-20)19-5-3-2-4-6-19/h2-7,10-12,15-17,22-24,33H,8-9,13-14,32H2,1H3/t22?,23-,24+. The smallest absolute Gasteiger partial charge is 0.255 e. The zero-order valence-electron chi connectivity index (χ0n) is 22.1. The maximum Gasteiger partial charge on any atom is 0.255 e. The second-order valence-corrected chi connectivity index (χ2v) is 10.8. The molecule has 1 aromatic carbocycles. The molecule has 0 spiro atoms. The summed E-state index contributed by atoms with van der Waals surface area (Å²) in [4.78, 5) is 40.9. The number of nitrogens with two attached hydrogens (primary N) is 1. The number of carbonyl (C=O) groups excluding carboxylic acids is 2. The van der Waals surface area contributed by atoms with Gasteiger partial charge < -0.3 is 15.6 Å². The van der Waals surface area contributed by atoms with E-state index in [1.165, 1.54) is 6.92 Å². The number of benzene rings is 1. The molecule has 2 aliphatic rings. The lowest BCUT2D eigenvalue weighted by Crippen LogP contribution is -2.46. The Morgan fingerprint density at radius 1 is 0.975 bits per heavy atom. The van der Waals surface area contributed by atoms with Gasteiger partial charge in [0.25, 0.3) is 5.91 Å². The van der Waals surface area contributed by atoms with Gasteiger partial charge in [-0.05, 0) is 44.7 Å². The van der Waals surface area contributed by atoms with E-state index in [1.54, 1.807) is 23.1 Å². The molecule has 1 unspecified atom stereocenters. The lowest BCUT2D eigenvalue weighted by Gasteiger charge is -2.39. The van der Waals surface area contributed by atoms with Crippen LogP contribution in [0.1, 0.15) is 64.9 Å². The van der Waals surface area contributed by atoms with Gasteiger partial charge in [0, 0.05) is 53.3 Å². The molecule has 1 amide bonds. The van der Waals surface area contributed by atoms with Crippen molar-refractivity contribution in [2.24, 2.45) is 0 Å². The Labute approximate surface area is 231 Å². The molecular weight excluding hydrogens is 502 g/mol. The van der Waals surface area contributed by atoms with Gasteiger partial charge in [0.2, 0.25) is 0 Å². The van der Waals surface area contributed by atoms with E-state index < -0.39 is 0 Å². The highest BCUT2D eigenvalue weighted by Gasteiger charge is 2.45. The maximum absolute atomic E-state index is 13.2. The molecule has 2 aliphatic heterocycles. The summed E-state index contributed by atoms with van der Waals surface area (Å²) in [5, 5.41) is 4.50. The Morgan fingerprint density at radius 3 is 2.40 bits per heavy atom. The number of Topliss-reactive ketones (excluding diaryl/α,β-unsaturated/α-hetero) is 1. The average Bonchev–Trinajstić information content (AvgIpc) is 3.71. The fourth-order valence-corrected chi connectivity index (χ4v) is 6.56. The van der Waals surface area contributed by atoms with Crippen LogP contribution in [0.25, 0.3) is 28.0 Å². The van der Waals surface area contributed by atoms with E-state index in [0.29, 0.717) is 28.3 Å². The lowest BCUT2D eigenvalue weighted by atomic mass is 9.85. The van der Waals surface area contributed by atoms with E-state index in [-0.39, 0.29) is 29.7 Å². The summed E-state index contributed by atoms with van der Waals surface area (Å²) in [7, 11) is 0. The number of aromatic amines is 1. The normalized spacial score (nSPS) is 20.2. The third-order valence-corrected chi connectivity index (χ3v) is 8.41. The molecule has 3 atom stereocenters. The van der Waals surface area contributed by atoms with Gasteiger partial charge in [0.1, 0.15) is 5.82 Å². The number of amides is 1. The number of anilines is 1. The second-order valence-electron chi connectivity index (χ2n) is 10.8. The minimum atomic E-state index is -0.133. The molecule has 0 saturated carbocycles. The molecular formula is C31H29N7O2. The summed E-state index contributed by atoms with van der Waals surface area (Å²) in [6.07, 6.45) is 10.5. The molecule has 0 radical (unpaired) electrons. The fourth-order valence-electron chi connectivity index (χ4n) is 6.56. The van der Waals surface area contributed by atoms with Crippen molar-refractivity contribution in [1.82, 2.24) is 29.5 Å². The predicted octanol–water partition coefficient (Wildman–Crippen LogP) is 5.12. The van der Waals surface area contributed by atoms with E-state index in [2.05, 4.69) is 15.1 Å². The van der Waals surface area contributed by atoms with Gasteiger partial charge in [-0.25, -0.2) is 4.98 Å². The van der Waals surface area contributed by atoms with Crippen LogP contribution in [0.3, 0.4) is 0 Å². The lowest BCUT2D eigenvalue weighted by molar-refractivity contribution is 0.0568. The van der Waals surface area contributed by atoms with Crippen molar-refractivity contribution in [2.45, 2.75) is 50.6 Å². The molecule has 4 aromatic heterocycles. The number of hydrogen-bond donors (Lipinski definition) is 2. The maximum atomic E-state index is 13.2. The molecule has 5 aromatic rings. The van der Waals surface area contributed by atoms with E-state index in [4.69, 9.17) is 10.7 Å². The number of ketones is 1. The van der Waals surface area contributed by atoms with Crippen molar-refractivity contribution < 1.29 is 9.59 Å². The van der Waals surface area contributed by atoms with Gasteiger partial charge in [-0.3, -0.25) is 14.6 Å². The van der Waals surface area contributed by atoms with Gasteiger partial charge in [0.15, 0.2) is 11.4 Å². The van der Waals surface area contributed by atoms with Crippen molar-refractivity contribution in [3.8, 4) is 22.4 Å². The first-order chi connectivity index (χ1) is 19.5. The Hall–Kier alpha value is -4.79. The molecule has 6 heterocycles. The van der Waals surface area contributed by atoms with Crippen LogP contribution in [-0.2, 0) is 0 Å². The number of rotatable bonds is 5. The second kappa shape index (κ2) is 9.44. The molecule has 2 saturated heterocycles. The average molecular weight is 532 g/mol. The fraction of sp³-hybridized carbons (Fsp3) is 0.258. The number of nitrogens with zero attached hydrogens (tertiary/aromatic N) is 5.